The van der Waals surface area contributed by atoms with Gasteiger partial charge in [0.25, 0.3) is 0 Å². The van der Waals surface area contributed by atoms with Gasteiger partial charge < -0.3 is 0 Å². The van der Waals surface area contributed by atoms with Crippen LogP contribution in [0.15, 0.2) is 10.3 Å². The second-order valence-corrected chi connectivity index (χ2v) is 4.08. The fraction of sp³-hybridized carbons (Fsp3) is 0.333. The lowest BCUT2D eigenvalue weighted by atomic mass is 10.8. The van der Waals surface area contributed by atoms with Crippen molar-refractivity contribution in [2.75, 3.05) is 5.75 Å². The average molecular weight is 136 g/mol. The van der Waals surface area contributed by atoms with Crippen LogP contribution in [0.3, 0.4) is 0 Å². The molecule has 0 bridgehead atoms. The molecule has 0 aliphatic carbocycles. The first-order valence-electron chi connectivity index (χ1n) is 1.58. The number of hydrogen-bond acceptors (Lipinski definition) is 3. The van der Waals surface area contributed by atoms with Crippen LogP contribution in [0, 0.1) is 0 Å². The summed E-state index contributed by atoms with van der Waals surface area (Å²) >= 11 is 4.10. The summed E-state index contributed by atoms with van der Waals surface area (Å²) in [5.41, 5.74) is 0. The number of rotatable bonds is 0. The lowest BCUT2D eigenvalue weighted by Crippen LogP contribution is -1.49. The Hall–Kier alpha value is 0.790. The summed E-state index contributed by atoms with van der Waals surface area (Å²) < 4.78 is 1.15. The van der Waals surface area contributed by atoms with Gasteiger partial charge in [-0.2, -0.15) is 0 Å². The Bertz CT molecular complexity index is 76.1. The molecule has 0 fully saturated rings. The molecule has 0 atom stereocenters. The fourth-order valence-electron chi connectivity index (χ4n) is 0.234. The van der Waals surface area contributed by atoms with Crippen LogP contribution in [0.2, 0.25) is 0 Å². The molecule has 0 saturated heterocycles. The Kier molecular flexibility index (Phi) is 1.80. The monoisotopic (exact) mass is 136 g/mol. The van der Waals surface area contributed by atoms with Crippen LogP contribution >= 0.6 is 34.2 Å². The van der Waals surface area contributed by atoms with E-state index in [1.165, 1.54) is 0 Å². The van der Waals surface area contributed by atoms with Crippen molar-refractivity contribution in [2.45, 2.75) is 0 Å². The molecule has 0 saturated carbocycles. The van der Waals surface area contributed by atoms with E-state index in [2.05, 4.69) is 18.7 Å². The van der Waals surface area contributed by atoms with E-state index in [-0.39, 0.29) is 0 Å². The molecule has 0 aromatic heterocycles. The first-order chi connectivity index (χ1) is 2.89. The third-order valence-electron chi connectivity index (χ3n) is 0.470. The quantitative estimate of drug-likeness (QED) is 0.400. The van der Waals surface area contributed by atoms with E-state index in [1.807, 2.05) is 10.8 Å². The van der Waals surface area contributed by atoms with Crippen molar-refractivity contribution >= 4 is 34.2 Å². The van der Waals surface area contributed by atoms with Crippen LogP contribution in [0.5, 0.6) is 0 Å². The normalized spacial score (nSPS) is 21.2. The summed E-state index contributed by atoms with van der Waals surface area (Å²) in [6.45, 7) is 0. The van der Waals surface area contributed by atoms with Crippen LogP contribution < -0.4 is 0 Å². The Labute approximate surface area is 50.6 Å². The molecule has 0 aromatic rings. The lowest BCUT2D eigenvalue weighted by Gasteiger charge is -1.78. The van der Waals surface area contributed by atoms with Crippen molar-refractivity contribution in [3.63, 3.8) is 0 Å². The first-order valence-corrected chi connectivity index (χ1v) is 4.35. The predicted molar refractivity (Wildman–Crippen MR) is 37.1 cm³/mol. The summed E-state index contributed by atoms with van der Waals surface area (Å²) in [4.78, 5) is 0. The maximum Gasteiger partial charge on any atom is 0.0448 e. The van der Waals surface area contributed by atoms with Crippen LogP contribution in [-0.4, -0.2) is 5.75 Å². The van der Waals surface area contributed by atoms with Crippen molar-refractivity contribution in [1.82, 2.24) is 0 Å². The lowest BCUT2D eigenvalue weighted by molar-refractivity contribution is 1.83. The molecule has 0 radical (unpaired) electrons. The van der Waals surface area contributed by atoms with E-state index < -0.39 is 0 Å². The molecule has 0 N–H and O–H groups in total. The first kappa shape index (κ1) is 4.94. The summed E-state index contributed by atoms with van der Waals surface area (Å²) in [7, 11) is 3.57. The van der Waals surface area contributed by atoms with Crippen LogP contribution in [0.1, 0.15) is 0 Å². The van der Waals surface area contributed by atoms with E-state index in [0.717, 1.165) is 9.99 Å². The van der Waals surface area contributed by atoms with Gasteiger partial charge in [0.1, 0.15) is 0 Å². The maximum absolute atomic E-state index is 4.10. The Morgan fingerprint density at radius 1 is 1.83 bits per heavy atom. The molecule has 1 heterocycles. The van der Waals surface area contributed by atoms with Gasteiger partial charge in [-0.1, -0.05) is 27.7 Å². The van der Waals surface area contributed by atoms with Gasteiger partial charge in [0.15, 0.2) is 0 Å². The van der Waals surface area contributed by atoms with Crippen LogP contribution in [0.4, 0.5) is 0 Å². The second-order valence-electron chi connectivity index (χ2n) is 0.910. The fourth-order valence-corrected chi connectivity index (χ4v) is 2.58. The highest BCUT2D eigenvalue weighted by atomic mass is 33.1. The van der Waals surface area contributed by atoms with E-state index in [0.29, 0.717) is 0 Å². The van der Waals surface area contributed by atoms with Crippen molar-refractivity contribution < 1.29 is 0 Å². The largest absolute Gasteiger partial charge is 0.136 e. The maximum atomic E-state index is 4.10. The summed E-state index contributed by atoms with van der Waals surface area (Å²) in [5, 5.41) is 0. The third kappa shape index (κ3) is 1.13. The molecule has 0 aromatic carbocycles. The van der Waals surface area contributed by atoms with E-state index in [4.69, 9.17) is 0 Å². The minimum Gasteiger partial charge on any atom is -0.136 e. The Balaban J connectivity index is 2.45. The van der Waals surface area contributed by atoms with Crippen LogP contribution in [-0.2, 0) is 0 Å². The smallest absolute Gasteiger partial charge is 0.0448 e. The van der Waals surface area contributed by atoms with E-state index >= 15 is 0 Å². The molecule has 3 heteroatoms. The molecule has 0 spiro atoms. The standard InChI is InChI=1S/C3H4S3/c4-3-1-2-5-6-3/h1,4H,2H2. The zero-order chi connectivity index (χ0) is 4.41. The molecule has 1 aliphatic heterocycles. The van der Waals surface area contributed by atoms with Gasteiger partial charge >= 0.3 is 0 Å². The van der Waals surface area contributed by atoms with Gasteiger partial charge in [-0.15, -0.1) is 12.6 Å². The molecular weight excluding hydrogens is 132 g/mol. The van der Waals surface area contributed by atoms with Gasteiger partial charge in [0.05, 0.1) is 0 Å². The summed E-state index contributed by atoms with van der Waals surface area (Å²) in [6.07, 6.45) is 2.11. The van der Waals surface area contributed by atoms with Crippen molar-refractivity contribution in [1.29, 1.82) is 0 Å². The minimum atomic E-state index is 1.13. The van der Waals surface area contributed by atoms with Crippen molar-refractivity contribution in [2.24, 2.45) is 0 Å². The summed E-state index contributed by atoms with van der Waals surface area (Å²) in [5.74, 6) is 1.13. The molecule has 34 valence electrons. The topological polar surface area (TPSA) is 0 Å². The van der Waals surface area contributed by atoms with Crippen molar-refractivity contribution in [3.05, 3.63) is 10.3 Å². The van der Waals surface area contributed by atoms with Crippen LogP contribution in [0.25, 0.3) is 0 Å². The molecular formula is C3H4S3. The van der Waals surface area contributed by atoms with Gasteiger partial charge in [-0.25, -0.2) is 0 Å². The minimum absolute atomic E-state index is 1.13. The van der Waals surface area contributed by atoms with E-state index in [1.54, 1.807) is 10.8 Å². The molecule has 0 unspecified atom stereocenters. The molecule has 1 rings (SSSR count). The number of hydrogen-bond donors (Lipinski definition) is 1. The molecule has 0 nitrogen and oxygen atoms in total. The summed E-state index contributed by atoms with van der Waals surface area (Å²) in [6, 6.07) is 0. The van der Waals surface area contributed by atoms with Gasteiger partial charge in [0.2, 0.25) is 0 Å². The zero-order valence-corrected chi connectivity index (χ0v) is 5.58. The van der Waals surface area contributed by atoms with Gasteiger partial charge in [0, 0.05) is 9.99 Å². The Morgan fingerprint density at radius 3 is 2.83 bits per heavy atom. The highest BCUT2D eigenvalue weighted by Crippen LogP contribution is 2.38. The predicted octanol–water partition coefficient (Wildman–Crippen LogP) is 2.15. The highest BCUT2D eigenvalue weighted by Gasteiger charge is 1.97. The van der Waals surface area contributed by atoms with Crippen molar-refractivity contribution in [3.8, 4) is 0 Å². The van der Waals surface area contributed by atoms with E-state index in [9.17, 15) is 0 Å². The molecule has 0 amide bonds. The second kappa shape index (κ2) is 2.19. The highest BCUT2D eigenvalue weighted by molar-refractivity contribution is 8.80. The van der Waals surface area contributed by atoms with Gasteiger partial charge in [-0.3, -0.25) is 0 Å². The molecule has 6 heavy (non-hydrogen) atoms. The SMILES string of the molecule is SC1=CCSS1. The Morgan fingerprint density at radius 2 is 2.67 bits per heavy atom. The molecule has 1 aliphatic rings. The zero-order valence-electron chi connectivity index (χ0n) is 3.05. The average Bonchev–Trinajstić information content (AvgIpc) is 1.86. The third-order valence-corrected chi connectivity index (χ3v) is 3.36. The van der Waals surface area contributed by atoms with Gasteiger partial charge in [-0.05, 0) is 0 Å². The number of thiol groups is 1.